The number of thioether (sulfide) groups is 1. The number of carbonyl (C=O) groups excluding carboxylic acids is 2. The molecule has 2 amide bonds. The molecule has 1 aliphatic rings. The molecule has 3 N–H and O–H groups in total. The SMILES string of the molecule is CC(C)Cn1c(SCC(=O)Nc2sc3c(c2C(N)=O)CCCC3)nnc1-c1ccco1. The predicted molar refractivity (Wildman–Crippen MR) is 121 cm³/mol. The van der Waals surface area contributed by atoms with Crippen LogP contribution in [0.4, 0.5) is 5.00 Å². The smallest absolute Gasteiger partial charge is 0.251 e. The Hall–Kier alpha value is -2.59. The van der Waals surface area contributed by atoms with Gasteiger partial charge in [0.15, 0.2) is 16.7 Å². The van der Waals surface area contributed by atoms with Crippen molar-refractivity contribution < 1.29 is 14.0 Å². The largest absolute Gasteiger partial charge is 0.461 e. The Kier molecular flexibility index (Phi) is 6.47. The lowest BCUT2D eigenvalue weighted by molar-refractivity contribution is -0.113. The lowest BCUT2D eigenvalue weighted by Gasteiger charge is -2.12. The van der Waals surface area contributed by atoms with Crippen molar-refractivity contribution in [1.82, 2.24) is 14.8 Å². The fourth-order valence-corrected chi connectivity index (χ4v) is 5.78. The highest BCUT2D eigenvalue weighted by Crippen LogP contribution is 2.38. The van der Waals surface area contributed by atoms with Crippen molar-refractivity contribution in [2.24, 2.45) is 11.7 Å². The molecule has 0 saturated heterocycles. The Morgan fingerprint density at radius 2 is 2.13 bits per heavy atom. The molecule has 0 bridgehead atoms. The van der Waals surface area contributed by atoms with Gasteiger partial charge in [0.05, 0.1) is 17.6 Å². The van der Waals surface area contributed by atoms with E-state index in [0.717, 1.165) is 36.1 Å². The summed E-state index contributed by atoms with van der Waals surface area (Å²) in [6.45, 7) is 4.92. The van der Waals surface area contributed by atoms with Gasteiger partial charge in [-0.05, 0) is 49.3 Å². The third-order valence-corrected chi connectivity index (χ3v) is 7.18. The van der Waals surface area contributed by atoms with Crippen molar-refractivity contribution >= 4 is 39.9 Å². The molecule has 8 nitrogen and oxygen atoms in total. The van der Waals surface area contributed by atoms with Gasteiger partial charge in [-0.1, -0.05) is 25.6 Å². The van der Waals surface area contributed by atoms with Gasteiger partial charge < -0.3 is 15.5 Å². The van der Waals surface area contributed by atoms with E-state index in [0.29, 0.717) is 39.8 Å². The normalized spacial score (nSPS) is 13.4. The molecule has 0 aromatic carbocycles. The van der Waals surface area contributed by atoms with E-state index < -0.39 is 5.91 Å². The highest BCUT2D eigenvalue weighted by Gasteiger charge is 2.25. The Bertz CT molecular complexity index is 1090. The topological polar surface area (TPSA) is 116 Å². The summed E-state index contributed by atoms with van der Waals surface area (Å²) in [6.07, 6.45) is 5.50. The molecular formula is C21H25N5O3S2. The molecule has 0 unspecified atom stereocenters. The van der Waals surface area contributed by atoms with Gasteiger partial charge >= 0.3 is 0 Å². The number of primary amides is 1. The van der Waals surface area contributed by atoms with Crippen molar-refractivity contribution in [3.63, 3.8) is 0 Å². The predicted octanol–water partition coefficient (Wildman–Crippen LogP) is 3.96. The van der Waals surface area contributed by atoms with E-state index >= 15 is 0 Å². The van der Waals surface area contributed by atoms with Gasteiger partial charge in [-0.3, -0.25) is 14.2 Å². The summed E-state index contributed by atoms with van der Waals surface area (Å²) in [5.74, 6) is 1.11. The van der Waals surface area contributed by atoms with Crippen molar-refractivity contribution in [3.05, 3.63) is 34.4 Å². The Balaban J connectivity index is 1.49. The third kappa shape index (κ3) is 4.69. The summed E-state index contributed by atoms with van der Waals surface area (Å²) < 4.78 is 7.45. The van der Waals surface area contributed by atoms with Gasteiger partial charge in [0.1, 0.15) is 5.00 Å². The van der Waals surface area contributed by atoms with Crippen molar-refractivity contribution in [2.45, 2.75) is 51.2 Å². The number of furan rings is 1. The minimum Gasteiger partial charge on any atom is -0.461 e. The molecule has 3 aromatic heterocycles. The fraction of sp³-hybridized carbons (Fsp3) is 0.429. The maximum atomic E-state index is 12.7. The van der Waals surface area contributed by atoms with Crippen LogP contribution in [0.1, 0.15) is 47.5 Å². The second-order valence-corrected chi connectivity index (χ2v) is 9.95. The molecule has 0 fully saturated rings. The van der Waals surface area contributed by atoms with Gasteiger partial charge in [-0.15, -0.1) is 21.5 Å². The maximum absolute atomic E-state index is 12.7. The minimum atomic E-state index is -0.484. The summed E-state index contributed by atoms with van der Waals surface area (Å²) in [7, 11) is 0. The maximum Gasteiger partial charge on any atom is 0.251 e. The minimum absolute atomic E-state index is 0.148. The summed E-state index contributed by atoms with van der Waals surface area (Å²) in [5, 5.41) is 12.6. The first-order chi connectivity index (χ1) is 14.9. The molecular weight excluding hydrogens is 434 g/mol. The average molecular weight is 460 g/mol. The molecule has 164 valence electrons. The third-order valence-electron chi connectivity index (χ3n) is 5.01. The standard InChI is InChI=1S/C21H25N5O3S2/c1-12(2)10-26-19(14-7-5-9-29-14)24-25-21(26)30-11-16(27)23-20-17(18(22)28)13-6-3-4-8-15(13)31-20/h5,7,9,12H,3-4,6,8,10-11H2,1-2H3,(H2,22,28)(H,23,27). The molecule has 0 saturated carbocycles. The van der Waals surface area contributed by atoms with Crippen LogP contribution >= 0.6 is 23.1 Å². The molecule has 3 aromatic rings. The summed E-state index contributed by atoms with van der Waals surface area (Å²) >= 11 is 2.77. The zero-order chi connectivity index (χ0) is 22.0. The molecule has 1 aliphatic carbocycles. The summed E-state index contributed by atoms with van der Waals surface area (Å²) in [6, 6.07) is 3.65. The first-order valence-electron chi connectivity index (χ1n) is 10.3. The van der Waals surface area contributed by atoms with Crippen molar-refractivity contribution in [3.8, 4) is 11.6 Å². The molecule has 4 rings (SSSR count). The van der Waals surface area contributed by atoms with Crippen molar-refractivity contribution in [2.75, 3.05) is 11.1 Å². The lowest BCUT2D eigenvalue weighted by Crippen LogP contribution is -2.19. The Morgan fingerprint density at radius 1 is 1.32 bits per heavy atom. The highest BCUT2D eigenvalue weighted by atomic mass is 32.2. The molecule has 10 heteroatoms. The number of fused-ring (bicyclic) bond motifs is 1. The Labute approximate surface area is 188 Å². The number of thiophene rings is 1. The van der Waals surface area contributed by atoms with E-state index in [-0.39, 0.29) is 11.7 Å². The van der Waals surface area contributed by atoms with Crippen LogP contribution in [0.2, 0.25) is 0 Å². The van der Waals surface area contributed by atoms with E-state index in [1.165, 1.54) is 23.1 Å². The van der Waals surface area contributed by atoms with Crippen LogP contribution in [0.3, 0.4) is 0 Å². The number of hydrogen-bond acceptors (Lipinski definition) is 7. The number of hydrogen-bond donors (Lipinski definition) is 2. The summed E-state index contributed by atoms with van der Waals surface area (Å²) in [5.41, 5.74) is 7.10. The average Bonchev–Trinajstić information content (AvgIpc) is 3.44. The van der Waals surface area contributed by atoms with Crippen LogP contribution in [0.5, 0.6) is 0 Å². The molecule has 31 heavy (non-hydrogen) atoms. The number of amides is 2. The van der Waals surface area contributed by atoms with Crippen LogP contribution in [-0.2, 0) is 24.2 Å². The highest BCUT2D eigenvalue weighted by molar-refractivity contribution is 7.99. The Morgan fingerprint density at radius 3 is 2.84 bits per heavy atom. The van der Waals surface area contributed by atoms with Crippen LogP contribution in [0.15, 0.2) is 28.0 Å². The van der Waals surface area contributed by atoms with Gasteiger partial charge in [0, 0.05) is 11.4 Å². The summed E-state index contributed by atoms with van der Waals surface area (Å²) in [4.78, 5) is 25.9. The van der Waals surface area contributed by atoms with Crippen LogP contribution in [0, 0.1) is 5.92 Å². The second-order valence-electron chi connectivity index (χ2n) is 7.90. The fourth-order valence-electron chi connectivity index (χ4n) is 3.72. The molecule has 0 spiro atoms. The first-order valence-corrected chi connectivity index (χ1v) is 12.1. The van der Waals surface area contributed by atoms with Gasteiger partial charge in [0.2, 0.25) is 5.91 Å². The number of anilines is 1. The van der Waals surface area contributed by atoms with Crippen molar-refractivity contribution in [1.29, 1.82) is 0 Å². The molecule has 0 atom stereocenters. The van der Waals surface area contributed by atoms with Gasteiger partial charge in [0.25, 0.3) is 5.91 Å². The van der Waals surface area contributed by atoms with Crippen LogP contribution in [0.25, 0.3) is 11.6 Å². The van der Waals surface area contributed by atoms with E-state index in [1.807, 2.05) is 10.6 Å². The van der Waals surface area contributed by atoms with Crippen LogP contribution < -0.4 is 11.1 Å². The van der Waals surface area contributed by atoms with E-state index in [4.69, 9.17) is 10.2 Å². The molecule has 0 aliphatic heterocycles. The monoisotopic (exact) mass is 459 g/mol. The zero-order valence-electron chi connectivity index (χ0n) is 17.5. The quantitative estimate of drug-likeness (QED) is 0.493. The second kappa shape index (κ2) is 9.27. The lowest BCUT2D eigenvalue weighted by atomic mass is 9.95. The first kappa shape index (κ1) is 21.6. The number of nitrogens with two attached hydrogens (primary N) is 1. The van der Waals surface area contributed by atoms with E-state index in [9.17, 15) is 9.59 Å². The number of rotatable bonds is 8. The number of aromatic nitrogens is 3. The molecule has 0 radical (unpaired) electrons. The van der Waals surface area contributed by atoms with Gasteiger partial charge in [-0.25, -0.2) is 0 Å². The zero-order valence-corrected chi connectivity index (χ0v) is 19.1. The van der Waals surface area contributed by atoms with E-state index in [2.05, 4.69) is 29.4 Å². The van der Waals surface area contributed by atoms with Crippen LogP contribution in [-0.4, -0.2) is 32.3 Å². The molecule has 3 heterocycles. The number of nitrogens with one attached hydrogen (secondary N) is 1. The number of aryl methyl sites for hydroxylation is 1. The van der Waals surface area contributed by atoms with E-state index in [1.54, 1.807) is 12.3 Å². The van der Waals surface area contributed by atoms with Gasteiger partial charge in [-0.2, -0.15) is 0 Å². The number of nitrogens with zero attached hydrogens (tertiary/aromatic N) is 3. The number of carbonyl (C=O) groups is 2.